The molecule has 2 aromatic rings. The number of nitrogens with zero attached hydrogens (tertiary/aromatic N) is 1. The predicted molar refractivity (Wildman–Crippen MR) is 89.2 cm³/mol. The minimum Gasteiger partial charge on any atom is -0.482 e. The van der Waals surface area contributed by atoms with Gasteiger partial charge in [-0.15, -0.1) is 0 Å². The number of carbonyl (C=O) groups excluding carboxylic acids is 2. The van der Waals surface area contributed by atoms with E-state index in [1.54, 1.807) is 0 Å². The largest absolute Gasteiger partial charge is 0.482 e. The van der Waals surface area contributed by atoms with Crippen molar-refractivity contribution in [3.05, 3.63) is 64.5 Å². The average molecular weight is 362 g/mol. The Kier molecular flexibility index (Phi) is 6.20. The molecule has 2 aromatic carbocycles. The fraction of sp³-hybridized carbons (Fsp3) is 0.176. The van der Waals surface area contributed by atoms with E-state index in [0.717, 1.165) is 0 Å². The molecule has 1 unspecified atom stereocenters. The SMILES string of the molecule is CC(OC(=O)COc1ccc(F)cc1)C(=O)Nc1ccc([N+](=O)[O-])cc1. The van der Waals surface area contributed by atoms with Crippen molar-refractivity contribution in [1.82, 2.24) is 0 Å². The van der Waals surface area contributed by atoms with Crippen molar-refractivity contribution < 1.29 is 28.4 Å². The quantitative estimate of drug-likeness (QED) is 0.461. The molecule has 1 N–H and O–H groups in total. The van der Waals surface area contributed by atoms with E-state index >= 15 is 0 Å². The fourth-order valence-corrected chi connectivity index (χ4v) is 1.87. The first-order chi connectivity index (χ1) is 12.3. The number of nitrogens with one attached hydrogen (secondary N) is 1. The van der Waals surface area contributed by atoms with Gasteiger partial charge >= 0.3 is 5.97 Å². The van der Waals surface area contributed by atoms with Gasteiger partial charge in [-0.25, -0.2) is 9.18 Å². The molecule has 0 spiro atoms. The van der Waals surface area contributed by atoms with Crippen LogP contribution in [0, 0.1) is 15.9 Å². The topological polar surface area (TPSA) is 108 Å². The number of nitro groups is 1. The van der Waals surface area contributed by atoms with Crippen LogP contribution in [0.4, 0.5) is 15.8 Å². The Hall–Kier alpha value is -3.49. The first kappa shape index (κ1) is 18.8. The maximum absolute atomic E-state index is 12.8. The second kappa shape index (κ2) is 8.56. The molecule has 0 saturated heterocycles. The van der Waals surface area contributed by atoms with Crippen molar-refractivity contribution in [2.24, 2.45) is 0 Å². The molecule has 0 aromatic heterocycles. The molecule has 1 amide bonds. The highest BCUT2D eigenvalue weighted by atomic mass is 19.1. The lowest BCUT2D eigenvalue weighted by Gasteiger charge is -2.14. The molecule has 0 aliphatic rings. The predicted octanol–water partition coefficient (Wildman–Crippen LogP) is 2.68. The van der Waals surface area contributed by atoms with Crippen molar-refractivity contribution in [2.45, 2.75) is 13.0 Å². The zero-order chi connectivity index (χ0) is 19.1. The third-order valence-corrected chi connectivity index (χ3v) is 3.19. The van der Waals surface area contributed by atoms with Gasteiger partial charge in [0.2, 0.25) is 0 Å². The van der Waals surface area contributed by atoms with Crippen LogP contribution in [-0.4, -0.2) is 29.5 Å². The number of non-ortho nitro benzene ring substituents is 1. The van der Waals surface area contributed by atoms with E-state index in [1.165, 1.54) is 55.5 Å². The summed E-state index contributed by atoms with van der Waals surface area (Å²) in [6, 6.07) is 10.3. The number of benzene rings is 2. The van der Waals surface area contributed by atoms with Crippen LogP contribution in [0.5, 0.6) is 5.75 Å². The molecule has 0 radical (unpaired) electrons. The number of anilines is 1. The normalized spacial score (nSPS) is 11.3. The zero-order valence-corrected chi connectivity index (χ0v) is 13.7. The van der Waals surface area contributed by atoms with Gasteiger partial charge in [-0.2, -0.15) is 0 Å². The maximum atomic E-state index is 12.8. The number of nitro benzene ring substituents is 1. The second-order valence-electron chi connectivity index (χ2n) is 5.17. The molecule has 2 rings (SSSR count). The minimum atomic E-state index is -1.10. The van der Waals surface area contributed by atoms with E-state index in [2.05, 4.69) is 5.32 Å². The molecule has 136 valence electrons. The van der Waals surface area contributed by atoms with Gasteiger partial charge in [0.15, 0.2) is 12.7 Å². The van der Waals surface area contributed by atoms with E-state index in [-0.39, 0.29) is 11.4 Å². The van der Waals surface area contributed by atoms with Gasteiger partial charge in [0.1, 0.15) is 11.6 Å². The highest BCUT2D eigenvalue weighted by Gasteiger charge is 2.18. The smallest absolute Gasteiger partial charge is 0.344 e. The van der Waals surface area contributed by atoms with E-state index in [4.69, 9.17) is 9.47 Å². The second-order valence-corrected chi connectivity index (χ2v) is 5.17. The van der Waals surface area contributed by atoms with Crippen molar-refractivity contribution in [3.8, 4) is 5.75 Å². The summed E-state index contributed by atoms with van der Waals surface area (Å²) in [6.07, 6.45) is -1.10. The van der Waals surface area contributed by atoms with E-state index in [0.29, 0.717) is 5.69 Å². The lowest BCUT2D eigenvalue weighted by molar-refractivity contribution is -0.384. The number of carbonyl (C=O) groups is 2. The minimum absolute atomic E-state index is 0.111. The molecule has 0 heterocycles. The Bertz CT molecular complexity index is 792. The highest BCUT2D eigenvalue weighted by molar-refractivity contribution is 5.95. The van der Waals surface area contributed by atoms with Gasteiger partial charge in [0, 0.05) is 17.8 Å². The molecule has 0 aliphatic heterocycles. The van der Waals surface area contributed by atoms with E-state index < -0.39 is 35.3 Å². The standard InChI is InChI=1S/C17H15FN2O6/c1-11(17(22)19-13-4-6-14(7-5-13)20(23)24)26-16(21)10-25-15-8-2-12(18)3-9-15/h2-9,11H,10H2,1H3,(H,19,22). The summed E-state index contributed by atoms with van der Waals surface area (Å²) in [5.41, 5.74) is 0.214. The van der Waals surface area contributed by atoms with Gasteiger partial charge < -0.3 is 14.8 Å². The zero-order valence-electron chi connectivity index (χ0n) is 13.7. The maximum Gasteiger partial charge on any atom is 0.344 e. The summed E-state index contributed by atoms with van der Waals surface area (Å²) in [4.78, 5) is 33.7. The van der Waals surface area contributed by atoms with Crippen LogP contribution in [-0.2, 0) is 14.3 Å². The van der Waals surface area contributed by atoms with Crippen molar-refractivity contribution in [1.29, 1.82) is 0 Å². The summed E-state index contributed by atoms with van der Waals surface area (Å²) in [5, 5.41) is 13.0. The Labute approximate surface area is 147 Å². The van der Waals surface area contributed by atoms with Crippen LogP contribution in [0.15, 0.2) is 48.5 Å². The summed E-state index contributed by atoms with van der Waals surface area (Å²) in [5.74, 6) is -1.53. The molecule has 0 fully saturated rings. The first-order valence-corrected chi connectivity index (χ1v) is 7.48. The number of hydrogen-bond acceptors (Lipinski definition) is 6. The van der Waals surface area contributed by atoms with Gasteiger partial charge in [-0.05, 0) is 43.3 Å². The summed E-state index contributed by atoms with van der Waals surface area (Å²) < 4.78 is 22.8. The molecule has 9 heteroatoms. The number of halogens is 1. The van der Waals surface area contributed by atoms with E-state index in [1.807, 2.05) is 0 Å². The summed E-state index contributed by atoms with van der Waals surface area (Å²) in [7, 11) is 0. The Morgan fingerprint density at radius 1 is 1.15 bits per heavy atom. The molecule has 0 aliphatic carbocycles. The lowest BCUT2D eigenvalue weighted by Crippen LogP contribution is -2.31. The van der Waals surface area contributed by atoms with Gasteiger partial charge in [0.25, 0.3) is 11.6 Å². The lowest BCUT2D eigenvalue weighted by atomic mass is 10.2. The monoisotopic (exact) mass is 362 g/mol. The molecular weight excluding hydrogens is 347 g/mol. The van der Waals surface area contributed by atoms with Crippen LogP contribution in [0.1, 0.15) is 6.92 Å². The number of hydrogen-bond donors (Lipinski definition) is 1. The highest BCUT2D eigenvalue weighted by Crippen LogP contribution is 2.16. The van der Waals surface area contributed by atoms with Gasteiger partial charge in [-0.1, -0.05) is 0 Å². The third-order valence-electron chi connectivity index (χ3n) is 3.19. The first-order valence-electron chi connectivity index (χ1n) is 7.48. The fourth-order valence-electron chi connectivity index (χ4n) is 1.87. The van der Waals surface area contributed by atoms with E-state index in [9.17, 15) is 24.1 Å². The summed E-state index contributed by atoms with van der Waals surface area (Å²) in [6.45, 7) is 0.928. The van der Waals surface area contributed by atoms with Crippen LogP contribution < -0.4 is 10.1 Å². The molecule has 0 bridgehead atoms. The Morgan fingerprint density at radius 3 is 2.35 bits per heavy atom. The van der Waals surface area contributed by atoms with Crippen molar-refractivity contribution >= 4 is 23.3 Å². The molecule has 1 atom stereocenters. The Morgan fingerprint density at radius 2 is 1.77 bits per heavy atom. The number of amides is 1. The molecular formula is C17H15FN2O6. The van der Waals surface area contributed by atoms with Crippen LogP contribution in [0.25, 0.3) is 0 Å². The van der Waals surface area contributed by atoms with Gasteiger partial charge in [0.05, 0.1) is 4.92 Å². The molecule has 0 saturated carbocycles. The number of rotatable bonds is 7. The van der Waals surface area contributed by atoms with Crippen molar-refractivity contribution in [3.63, 3.8) is 0 Å². The third kappa shape index (κ3) is 5.55. The Balaban J connectivity index is 1.80. The number of esters is 1. The molecule has 26 heavy (non-hydrogen) atoms. The van der Waals surface area contributed by atoms with Crippen molar-refractivity contribution in [2.75, 3.05) is 11.9 Å². The van der Waals surface area contributed by atoms with Crippen LogP contribution in [0.3, 0.4) is 0 Å². The average Bonchev–Trinajstić information content (AvgIpc) is 2.61. The summed E-state index contributed by atoms with van der Waals surface area (Å²) >= 11 is 0. The van der Waals surface area contributed by atoms with Gasteiger partial charge in [-0.3, -0.25) is 14.9 Å². The number of ether oxygens (including phenoxy) is 2. The van der Waals surface area contributed by atoms with Crippen LogP contribution >= 0.6 is 0 Å². The molecule has 8 nitrogen and oxygen atoms in total. The van der Waals surface area contributed by atoms with Crippen LogP contribution in [0.2, 0.25) is 0 Å².